The largest absolute Gasteiger partial charge is 0.497 e. The molecule has 1 saturated heterocycles. The maximum atomic E-state index is 13.6. The summed E-state index contributed by atoms with van der Waals surface area (Å²) < 4.78 is 30.5. The molecular formula is C31H33ClFN5O4. The molecule has 3 aromatic carbocycles. The lowest BCUT2D eigenvalue weighted by molar-refractivity contribution is -0.121. The summed E-state index contributed by atoms with van der Waals surface area (Å²) in [6, 6.07) is 15.4. The lowest BCUT2D eigenvalue weighted by atomic mass is 9.95. The van der Waals surface area contributed by atoms with Gasteiger partial charge >= 0.3 is 0 Å². The van der Waals surface area contributed by atoms with Gasteiger partial charge in [-0.2, -0.15) is 0 Å². The minimum absolute atomic E-state index is 0.00239. The molecule has 0 spiro atoms. The number of hydrogen-bond acceptors (Lipinski definition) is 8. The van der Waals surface area contributed by atoms with Gasteiger partial charge < -0.3 is 29.7 Å². The molecule has 2 heterocycles. The third kappa shape index (κ3) is 7.18. The molecule has 0 radical (unpaired) electrons. The highest BCUT2D eigenvalue weighted by atomic mass is 35.5. The molecule has 42 heavy (non-hydrogen) atoms. The van der Waals surface area contributed by atoms with Crippen molar-refractivity contribution in [1.29, 1.82) is 0 Å². The molecule has 0 unspecified atom stereocenters. The van der Waals surface area contributed by atoms with Crippen molar-refractivity contribution < 1.29 is 23.4 Å². The fraction of sp³-hybridized carbons (Fsp3) is 0.323. The molecule has 0 saturated carbocycles. The fourth-order valence-corrected chi connectivity index (χ4v) is 5.13. The number of nitrogens with one attached hydrogen (secondary N) is 2. The minimum Gasteiger partial charge on any atom is -0.497 e. The van der Waals surface area contributed by atoms with Gasteiger partial charge in [-0.1, -0.05) is 11.6 Å². The summed E-state index contributed by atoms with van der Waals surface area (Å²) in [5, 5.41) is 6.94. The van der Waals surface area contributed by atoms with Gasteiger partial charge in [0.25, 0.3) is 0 Å². The van der Waals surface area contributed by atoms with Crippen LogP contribution in [0.25, 0.3) is 10.9 Å². The number of carbonyl (C=O) groups is 1. The molecule has 1 aromatic heterocycles. The van der Waals surface area contributed by atoms with Gasteiger partial charge in [-0.05, 0) is 80.9 Å². The summed E-state index contributed by atoms with van der Waals surface area (Å²) in [6.07, 6.45) is 3.89. The predicted molar refractivity (Wildman–Crippen MR) is 162 cm³/mol. The van der Waals surface area contributed by atoms with Crippen LogP contribution in [0.15, 0.2) is 60.9 Å². The number of hydrogen-bond donors (Lipinski definition) is 2. The molecule has 1 aliphatic rings. The summed E-state index contributed by atoms with van der Waals surface area (Å²) in [4.78, 5) is 23.8. The van der Waals surface area contributed by atoms with E-state index < -0.39 is 5.82 Å². The average molecular weight is 594 g/mol. The van der Waals surface area contributed by atoms with Gasteiger partial charge in [0.05, 0.1) is 31.4 Å². The molecule has 1 aliphatic heterocycles. The van der Waals surface area contributed by atoms with E-state index in [0.29, 0.717) is 35.1 Å². The second-order valence-corrected chi connectivity index (χ2v) is 10.4. The zero-order valence-corrected chi connectivity index (χ0v) is 24.3. The predicted octanol–water partition coefficient (Wildman–Crippen LogP) is 6.30. The lowest BCUT2D eigenvalue weighted by Crippen LogP contribution is -2.38. The SMILES string of the molecule is COc1ccc(NC(=O)C2CCN(CCCOc3cc4c(Nc5ccc(F)c(Cl)c5)ncnc4cc3OC)CC2)cc1. The van der Waals surface area contributed by atoms with Gasteiger partial charge in [0.1, 0.15) is 23.7 Å². The van der Waals surface area contributed by atoms with Gasteiger partial charge in [-0.25, -0.2) is 14.4 Å². The number of carbonyl (C=O) groups excluding carboxylic acids is 1. The van der Waals surface area contributed by atoms with Crippen molar-refractivity contribution in [3.8, 4) is 17.2 Å². The number of likely N-dealkylation sites (tertiary alicyclic amines) is 1. The zero-order valence-electron chi connectivity index (χ0n) is 23.5. The fourth-order valence-electron chi connectivity index (χ4n) is 4.95. The van der Waals surface area contributed by atoms with Crippen molar-refractivity contribution in [3.05, 3.63) is 71.8 Å². The van der Waals surface area contributed by atoms with Crippen LogP contribution in [0.4, 0.5) is 21.6 Å². The molecule has 220 valence electrons. The monoisotopic (exact) mass is 593 g/mol. The van der Waals surface area contributed by atoms with Crippen molar-refractivity contribution >= 4 is 45.6 Å². The normalized spacial score (nSPS) is 14.0. The van der Waals surface area contributed by atoms with Gasteiger partial charge in [0.15, 0.2) is 11.5 Å². The van der Waals surface area contributed by atoms with Crippen LogP contribution in [0.1, 0.15) is 19.3 Å². The van der Waals surface area contributed by atoms with Gasteiger partial charge in [0.2, 0.25) is 5.91 Å². The summed E-state index contributed by atoms with van der Waals surface area (Å²) >= 11 is 5.94. The summed E-state index contributed by atoms with van der Waals surface area (Å²) in [5.74, 6) is 2.01. The Hall–Kier alpha value is -4.15. The van der Waals surface area contributed by atoms with Crippen LogP contribution in [-0.4, -0.2) is 61.2 Å². The Kier molecular flexibility index (Phi) is 9.55. The number of halogens is 2. The van der Waals surface area contributed by atoms with Crippen molar-refractivity contribution in [2.45, 2.75) is 19.3 Å². The van der Waals surface area contributed by atoms with Crippen molar-refractivity contribution in [2.24, 2.45) is 5.92 Å². The molecule has 1 amide bonds. The van der Waals surface area contributed by atoms with E-state index >= 15 is 0 Å². The number of ether oxygens (including phenoxy) is 3. The van der Waals surface area contributed by atoms with Crippen molar-refractivity contribution in [2.75, 3.05) is 51.1 Å². The Bertz CT molecular complexity index is 1530. The third-order valence-corrected chi connectivity index (χ3v) is 7.58. The summed E-state index contributed by atoms with van der Waals surface area (Å²) in [7, 11) is 3.20. The van der Waals surface area contributed by atoms with E-state index in [2.05, 4.69) is 25.5 Å². The minimum atomic E-state index is -0.491. The number of amides is 1. The van der Waals surface area contributed by atoms with Crippen LogP contribution in [0, 0.1) is 11.7 Å². The van der Waals surface area contributed by atoms with E-state index in [1.54, 1.807) is 26.4 Å². The van der Waals surface area contributed by atoms with E-state index in [-0.39, 0.29) is 16.8 Å². The van der Waals surface area contributed by atoms with Crippen molar-refractivity contribution in [1.82, 2.24) is 14.9 Å². The van der Waals surface area contributed by atoms with Crippen LogP contribution < -0.4 is 24.8 Å². The Morgan fingerprint density at radius 1 is 1.00 bits per heavy atom. The average Bonchev–Trinajstić information content (AvgIpc) is 3.01. The molecular weight excluding hydrogens is 561 g/mol. The molecule has 11 heteroatoms. The Morgan fingerprint density at radius 2 is 1.76 bits per heavy atom. The van der Waals surface area contributed by atoms with Crippen LogP contribution in [0.2, 0.25) is 5.02 Å². The second kappa shape index (κ2) is 13.7. The van der Waals surface area contributed by atoms with Crippen LogP contribution in [0.3, 0.4) is 0 Å². The topological polar surface area (TPSA) is 97.8 Å². The number of aromatic nitrogens is 2. The Balaban J connectivity index is 1.13. The van der Waals surface area contributed by atoms with E-state index in [4.69, 9.17) is 25.8 Å². The Labute approximate surface area is 249 Å². The van der Waals surface area contributed by atoms with Gasteiger partial charge in [0, 0.05) is 35.3 Å². The molecule has 5 rings (SSSR count). The highest BCUT2D eigenvalue weighted by Crippen LogP contribution is 2.35. The van der Waals surface area contributed by atoms with Crippen LogP contribution >= 0.6 is 11.6 Å². The van der Waals surface area contributed by atoms with Crippen LogP contribution in [0.5, 0.6) is 17.2 Å². The second-order valence-electron chi connectivity index (χ2n) is 10.0. The molecule has 1 fully saturated rings. The maximum Gasteiger partial charge on any atom is 0.227 e. The van der Waals surface area contributed by atoms with Crippen molar-refractivity contribution in [3.63, 3.8) is 0 Å². The first-order chi connectivity index (χ1) is 20.4. The highest BCUT2D eigenvalue weighted by molar-refractivity contribution is 6.31. The van der Waals surface area contributed by atoms with E-state index in [9.17, 15) is 9.18 Å². The molecule has 0 aliphatic carbocycles. The number of benzene rings is 3. The smallest absolute Gasteiger partial charge is 0.227 e. The molecule has 4 aromatic rings. The number of fused-ring (bicyclic) bond motifs is 1. The first-order valence-corrected chi connectivity index (χ1v) is 14.2. The molecule has 0 bridgehead atoms. The number of rotatable bonds is 11. The first-order valence-electron chi connectivity index (χ1n) is 13.8. The van der Waals surface area contributed by atoms with Crippen LogP contribution in [-0.2, 0) is 4.79 Å². The number of nitrogens with zero attached hydrogens (tertiary/aromatic N) is 3. The number of piperidine rings is 1. The third-order valence-electron chi connectivity index (χ3n) is 7.30. The Morgan fingerprint density at radius 3 is 2.48 bits per heavy atom. The summed E-state index contributed by atoms with van der Waals surface area (Å²) in [6.45, 7) is 3.08. The summed E-state index contributed by atoms with van der Waals surface area (Å²) in [5.41, 5.74) is 2.05. The molecule has 9 nitrogen and oxygen atoms in total. The van der Waals surface area contributed by atoms with Gasteiger partial charge in [-0.3, -0.25) is 4.79 Å². The lowest BCUT2D eigenvalue weighted by Gasteiger charge is -2.31. The maximum absolute atomic E-state index is 13.6. The quantitative estimate of drug-likeness (QED) is 0.196. The van der Waals surface area contributed by atoms with E-state index in [0.717, 1.165) is 55.7 Å². The van der Waals surface area contributed by atoms with E-state index in [1.807, 2.05) is 30.3 Å². The standard InChI is InChI=1S/C31H33ClFN5O4/c1-40-23-7-4-21(5-8-23)37-31(39)20-10-13-38(14-11-20)12-3-15-42-29-17-24-27(18-28(29)41-2)34-19-35-30(24)36-22-6-9-26(33)25(32)16-22/h4-9,16-20H,3,10-15H2,1-2H3,(H,37,39)(H,34,35,36). The zero-order chi connectivity index (χ0) is 29.5. The highest BCUT2D eigenvalue weighted by Gasteiger charge is 2.25. The number of methoxy groups -OCH3 is 2. The van der Waals surface area contributed by atoms with Gasteiger partial charge in [-0.15, -0.1) is 0 Å². The molecule has 2 N–H and O–H groups in total. The van der Waals surface area contributed by atoms with E-state index in [1.165, 1.54) is 18.5 Å². The molecule has 0 atom stereocenters. The first kappa shape index (κ1) is 29.3. The number of anilines is 3.